The Morgan fingerprint density at radius 1 is 0.543 bits per heavy atom. The van der Waals surface area contributed by atoms with Crippen molar-refractivity contribution in [3.8, 4) is 0 Å². The van der Waals surface area contributed by atoms with Gasteiger partial charge < -0.3 is 10.6 Å². The van der Waals surface area contributed by atoms with Gasteiger partial charge in [-0.05, 0) is 153 Å². The van der Waals surface area contributed by atoms with Gasteiger partial charge in [0.1, 0.15) is 0 Å². The maximum Gasteiger partial charge on any atom is 0.0646 e. The highest BCUT2D eigenvalue weighted by Gasteiger charge is 2.66. The van der Waals surface area contributed by atoms with Gasteiger partial charge >= 0.3 is 0 Å². The second kappa shape index (κ2) is 11.1. The molecule has 11 aliphatic rings. The molecule has 6 nitrogen and oxygen atoms in total. The lowest BCUT2D eigenvalue weighted by atomic mass is 9.50. The van der Waals surface area contributed by atoms with Crippen molar-refractivity contribution in [2.45, 2.75) is 170 Å². The quantitative estimate of drug-likeness (QED) is 0.391. The van der Waals surface area contributed by atoms with Crippen molar-refractivity contribution in [3.05, 3.63) is 0 Å². The van der Waals surface area contributed by atoms with Gasteiger partial charge in [0.05, 0.1) is 6.17 Å². The van der Waals surface area contributed by atoms with E-state index < -0.39 is 0 Å². The van der Waals surface area contributed by atoms with Crippen LogP contribution in [-0.4, -0.2) is 102 Å². The van der Waals surface area contributed by atoms with Gasteiger partial charge in [-0.2, -0.15) is 0 Å². The highest BCUT2D eigenvalue weighted by Crippen LogP contribution is 2.61. The van der Waals surface area contributed by atoms with Gasteiger partial charge in [-0.1, -0.05) is 19.3 Å². The van der Waals surface area contributed by atoms with Crippen molar-refractivity contribution in [3.63, 3.8) is 0 Å². The minimum absolute atomic E-state index is 0.448. The Kier molecular flexibility index (Phi) is 7.13. The van der Waals surface area contributed by atoms with Crippen LogP contribution in [0, 0.1) is 40.4 Å². The SMILES string of the molecule is C1CN[C@@H]2[C@@H](C1)C[C@@H]1C[C@]2([C@H]2CCC[C@H](C3CC[C@@H]4N[C@H]3N3CCC[C@H]5C[C@@H]6C[C@]4(CN4CCCC[C@H]64)[C@@H]53)N2)CN2CCCC[C@H]12. The summed E-state index contributed by atoms with van der Waals surface area (Å²) in [4.78, 5) is 9.26. The van der Waals surface area contributed by atoms with Crippen molar-refractivity contribution < 1.29 is 0 Å². The molecular formula is C40H66N6. The first-order chi connectivity index (χ1) is 22.7. The summed E-state index contributed by atoms with van der Waals surface area (Å²) in [6, 6.07) is 5.62. The second-order valence-electron chi connectivity index (χ2n) is 19.5. The molecule has 6 bridgehead atoms. The highest BCUT2D eigenvalue weighted by atomic mass is 15.4. The van der Waals surface area contributed by atoms with Crippen LogP contribution >= 0.6 is 0 Å². The van der Waals surface area contributed by atoms with Crippen molar-refractivity contribution in [2.75, 3.05) is 39.3 Å². The molecule has 2 aliphatic carbocycles. The van der Waals surface area contributed by atoms with E-state index in [9.17, 15) is 0 Å². The van der Waals surface area contributed by atoms with E-state index in [1.54, 1.807) is 12.8 Å². The van der Waals surface area contributed by atoms with Gasteiger partial charge in [-0.25, -0.2) is 0 Å². The van der Waals surface area contributed by atoms with E-state index in [1.807, 2.05) is 0 Å². The molecule has 15 atom stereocenters. The average molecular weight is 631 g/mol. The van der Waals surface area contributed by atoms with Crippen LogP contribution in [0.3, 0.4) is 0 Å². The molecule has 0 aromatic heterocycles. The Balaban J connectivity index is 0.883. The van der Waals surface area contributed by atoms with Crippen LogP contribution < -0.4 is 16.0 Å². The first-order valence-electron chi connectivity index (χ1n) is 21.2. The number of hydrogen-bond acceptors (Lipinski definition) is 6. The summed E-state index contributed by atoms with van der Waals surface area (Å²) in [5, 5.41) is 13.5. The Labute approximate surface area is 280 Å². The fourth-order valence-electron chi connectivity index (χ4n) is 16.5. The van der Waals surface area contributed by atoms with Crippen LogP contribution in [0.4, 0.5) is 0 Å². The zero-order valence-electron chi connectivity index (χ0n) is 29.0. The number of nitrogens with zero attached hydrogens (tertiary/aromatic N) is 3. The zero-order valence-corrected chi connectivity index (χ0v) is 29.0. The topological polar surface area (TPSA) is 45.8 Å². The van der Waals surface area contributed by atoms with E-state index >= 15 is 0 Å². The summed E-state index contributed by atoms with van der Waals surface area (Å²) >= 11 is 0. The number of piperidine rings is 8. The first kappa shape index (κ1) is 29.5. The number of rotatable bonds is 2. The summed E-state index contributed by atoms with van der Waals surface area (Å²) < 4.78 is 0. The normalized spacial score (nSPS) is 57.0. The lowest BCUT2D eigenvalue weighted by Gasteiger charge is -2.72. The average Bonchev–Trinajstić information content (AvgIpc) is 3.11. The monoisotopic (exact) mass is 631 g/mol. The molecular weight excluding hydrogens is 564 g/mol. The van der Waals surface area contributed by atoms with Crippen LogP contribution in [0.5, 0.6) is 0 Å². The third-order valence-corrected chi connectivity index (χ3v) is 17.7. The van der Waals surface area contributed by atoms with Gasteiger partial charge in [-0.3, -0.25) is 20.0 Å². The van der Waals surface area contributed by atoms with Crippen molar-refractivity contribution in [1.29, 1.82) is 0 Å². The van der Waals surface area contributed by atoms with Gasteiger partial charge in [0.2, 0.25) is 0 Å². The van der Waals surface area contributed by atoms with Crippen LogP contribution in [0.1, 0.15) is 122 Å². The van der Waals surface area contributed by atoms with E-state index in [-0.39, 0.29) is 0 Å². The van der Waals surface area contributed by atoms with Crippen molar-refractivity contribution in [1.82, 2.24) is 30.7 Å². The third kappa shape index (κ3) is 4.22. The van der Waals surface area contributed by atoms with Crippen LogP contribution in [0.25, 0.3) is 0 Å². The Morgan fingerprint density at radius 2 is 1.28 bits per heavy atom. The van der Waals surface area contributed by atoms with E-state index in [2.05, 4.69) is 30.7 Å². The molecule has 1 spiro atoms. The first-order valence-corrected chi connectivity index (χ1v) is 21.2. The van der Waals surface area contributed by atoms with Crippen LogP contribution in [0.2, 0.25) is 0 Å². The molecule has 0 aromatic carbocycles. The molecule has 0 amide bonds. The van der Waals surface area contributed by atoms with Crippen molar-refractivity contribution >= 4 is 0 Å². The molecule has 256 valence electrons. The van der Waals surface area contributed by atoms with E-state index in [0.29, 0.717) is 29.1 Å². The lowest BCUT2D eigenvalue weighted by molar-refractivity contribution is -0.211. The molecule has 6 heteroatoms. The molecule has 3 N–H and O–H groups in total. The van der Waals surface area contributed by atoms with Crippen molar-refractivity contribution in [2.24, 2.45) is 40.4 Å². The number of hydrogen-bond donors (Lipinski definition) is 3. The predicted molar refractivity (Wildman–Crippen MR) is 184 cm³/mol. The molecule has 46 heavy (non-hydrogen) atoms. The molecule has 1 unspecified atom stereocenters. The van der Waals surface area contributed by atoms with Gasteiger partial charge in [0.25, 0.3) is 0 Å². The second-order valence-corrected chi connectivity index (χ2v) is 19.5. The number of nitrogens with one attached hydrogen (secondary N) is 3. The number of fused-ring (bicyclic) bond motifs is 12. The standard InChI is InChI=1S/C40H66N6/c1-3-17-44-24-39(22-28(32(44)11-1)20-26-8-6-16-41-36(26)39)34-13-5-10-31(42-34)30-14-15-35-40-23-29(33-12-2-4-18-45(33)25-40)21-27-9-7-19-46(37(27)40)38(30)43-35/h26-38,41-43H,1-25H2/t26-,27-,28+,29+,30?,31+,32+,33+,34+,35-,36+,37+,38-,39+,40+/m0/s1. The molecule has 9 aliphatic heterocycles. The van der Waals surface area contributed by atoms with Crippen LogP contribution in [-0.2, 0) is 0 Å². The maximum absolute atomic E-state index is 4.65. The largest absolute Gasteiger partial charge is 0.313 e. The van der Waals surface area contributed by atoms with E-state index in [4.69, 9.17) is 0 Å². The minimum atomic E-state index is 0.448. The summed E-state index contributed by atoms with van der Waals surface area (Å²) in [5.41, 5.74) is 0.972. The Morgan fingerprint density at radius 3 is 2.13 bits per heavy atom. The lowest BCUT2D eigenvalue weighted by Crippen LogP contribution is -2.82. The van der Waals surface area contributed by atoms with Gasteiger partial charge in [-0.15, -0.1) is 0 Å². The van der Waals surface area contributed by atoms with Crippen LogP contribution in [0.15, 0.2) is 0 Å². The fraction of sp³-hybridized carbons (Fsp3) is 1.00. The summed E-state index contributed by atoms with van der Waals surface area (Å²) in [5.74, 6) is 4.64. The molecule has 9 heterocycles. The highest BCUT2D eigenvalue weighted by molar-refractivity contribution is 5.20. The van der Waals surface area contributed by atoms with E-state index in [1.165, 1.54) is 148 Å². The molecule has 0 aromatic rings. The molecule has 11 fully saturated rings. The smallest absolute Gasteiger partial charge is 0.0646 e. The Hall–Kier alpha value is -0.240. The molecule has 2 saturated carbocycles. The van der Waals surface area contributed by atoms with Gasteiger partial charge in [0, 0.05) is 72.1 Å². The third-order valence-electron chi connectivity index (χ3n) is 17.7. The molecule has 0 radical (unpaired) electrons. The summed E-state index contributed by atoms with van der Waals surface area (Å²) in [6.07, 6.45) is 28.7. The summed E-state index contributed by atoms with van der Waals surface area (Å²) in [7, 11) is 0. The molecule has 11 rings (SSSR count). The summed E-state index contributed by atoms with van der Waals surface area (Å²) in [6.45, 7) is 8.21. The maximum atomic E-state index is 4.65. The Bertz CT molecular complexity index is 1160. The fourth-order valence-corrected chi connectivity index (χ4v) is 16.5. The van der Waals surface area contributed by atoms with E-state index in [0.717, 1.165) is 59.8 Å². The molecule has 9 saturated heterocycles. The zero-order chi connectivity index (χ0) is 30.0. The minimum Gasteiger partial charge on any atom is -0.313 e. The van der Waals surface area contributed by atoms with Gasteiger partial charge in [0.15, 0.2) is 0 Å². The predicted octanol–water partition coefficient (Wildman–Crippen LogP) is 5.18.